The van der Waals surface area contributed by atoms with E-state index in [1.165, 1.54) is 0 Å². The fraction of sp³-hybridized carbons (Fsp3) is 0.222. The van der Waals surface area contributed by atoms with Crippen LogP contribution in [0.25, 0.3) is 0 Å². The molecule has 7 nitrogen and oxygen atoms in total. The second-order valence-corrected chi connectivity index (χ2v) is 5.01. The molecule has 0 fully saturated rings. The van der Waals surface area contributed by atoms with Crippen LogP contribution in [0.5, 0.6) is 11.5 Å². The van der Waals surface area contributed by atoms with Gasteiger partial charge in [0, 0.05) is 11.8 Å². The van der Waals surface area contributed by atoms with Crippen LogP contribution >= 0.6 is 0 Å². The zero-order valence-electron chi connectivity index (χ0n) is 13.9. The van der Waals surface area contributed by atoms with Crippen molar-refractivity contribution < 1.29 is 23.9 Å². The molecule has 0 aliphatic carbocycles. The molecular weight excluding hydrogens is 324 g/mol. The van der Waals surface area contributed by atoms with Crippen LogP contribution in [0.4, 0.5) is 5.69 Å². The highest BCUT2D eigenvalue weighted by molar-refractivity contribution is 5.92. The largest absolute Gasteiger partial charge is 0.497 e. The number of amides is 2. The second kappa shape index (κ2) is 9.94. The fourth-order valence-corrected chi connectivity index (χ4v) is 1.91. The van der Waals surface area contributed by atoms with Gasteiger partial charge in [-0.15, -0.1) is 0 Å². The van der Waals surface area contributed by atoms with Crippen molar-refractivity contribution in [2.45, 2.75) is 6.42 Å². The average Bonchev–Trinajstić information content (AvgIpc) is 2.63. The van der Waals surface area contributed by atoms with Gasteiger partial charge in [-0.25, -0.2) is 5.48 Å². The van der Waals surface area contributed by atoms with Gasteiger partial charge < -0.3 is 14.8 Å². The highest BCUT2D eigenvalue weighted by atomic mass is 16.7. The Balaban J connectivity index is 1.61. The van der Waals surface area contributed by atoms with Gasteiger partial charge in [-0.2, -0.15) is 0 Å². The molecule has 0 aromatic heterocycles. The van der Waals surface area contributed by atoms with E-state index < -0.39 is 5.91 Å². The number of nitrogens with one attached hydrogen (secondary N) is 2. The Hall–Kier alpha value is -3.06. The van der Waals surface area contributed by atoms with Gasteiger partial charge in [-0.1, -0.05) is 24.3 Å². The quantitative estimate of drug-likeness (QED) is 0.681. The van der Waals surface area contributed by atoms with Crippen molar-refractivity contribution in [3.63, 3.8) is 0 Å². The molecule has 2 rings (SSSR count). The van der Waals surface area contributed by atoms with E-state index in [0.717, 1.165) is 0 Å². The van der Waals surface area contributed by atoms with Crippen LogP contribution in [0, 0.1) is 0 Å². The molecule has 0 saturated carbocycles. The zero-order valence-corrected chi connectivity index (χ0v) is 13.9. The third kappa shape index (κ3) is 6.92. The van der Waals surface area contributed by atoms with Gasteiger partial charge >= 0.3 is 0 Å². The van der Waals surface area contributed by atoms with E-state index in [4.69, 9.17) is 14.3 Å². The normalized spacial score (nSPS) is 9.96. The van der Waals surface area contributed by atoms with E-state index >= 15 is 0 Å². The van der Waals surface area contributed by atoms with Gasteiger partial charge in [0.25, 0.3) is 5.91 Å². The number of hydrogen-bond acceptors (Lipinski definition) is 5. The van der Waals surface area contributed by atoms with E-state index in [1.54, 1.807) is 43.5 Å². The molecule has 0 heterocycles. The summed E-state index contributed by atoms with van der Waals surface area (Å²) in [6.07, 6.45) is 0.117. The number of para-hydroxylation sites is 1. The van der Waals surface area contributed by atoms with Gasteiger partial charge in [0.05, 0.1) is 20.1 Å². The average molecular weight is 344 g/mol. The third-order valence-electron chi connectivity index (χ3n) is 3.08. The van der Waals surface area contributed by atoms with E-state index in [9.17, 15) is 9.59 Å². The van der Waals surface area contributed by atoms with Gasteiger partial charge in [0.2, 0.25) is 5.91 Å². The summed E-state index contributed by atoms with van der Waals surface area (Å²) in [4.78, 5) is 28.2. The van der Waals surface area contributed by atoms with Gasteiger partial charge in [0.15, 0.2) is 6.61 Å². The maximum absolute atomic E-state index is 11.7. The van der Waals surface area contributed by atoms with Crippen LogP contribution in [0.3, 0.4) is 0 Å². The van der Waals surface area contributed by atoms with E-state index in [1.807, 2.05) is 18.2 Å². The monoisotopic (exact) mass is 344 g/mol. The SMILES string of the molecule is COc1cccc(NC(=O)CONC(=O)CCOc2ccccc2)c1. The minimum absolute atomic E-state index is 0.117. The number of rotatable bonds is 9. The standard InChI is InChI=1S/C18H20N2O5/c1-23-16-9-5-6-14(12-16)19-18(22)13-25-20-17(21)10-11-24-15-7-3-2-4-8-15/h2-9,12H,10-11,13H2,1H3,(H,19,22)(H,20,21). The lowest BCUT2D eigenvalue weighted by Crippen LogP contribution is -2.29. The first kappa shape index (κ1) is 18.3. The molecule has 2 amide bonds. The molecule has 0 radical (unpaired) electrons. The zero-order chi connectivity index (χ0) is 17.9. The van der Waals surface area contributed by atoms with Crippen LogP contribution in [0.15, 0.2) is 54.6 Å². The molecule has 2 aromatic carbocycles. The number of anilines is 1. The molecule has 0 unspecified atom stereocenters. The lowest BCUT2D eigenvalue weighted by molar-refractivity contribution is -0.137. The summed E-state index contributed by atoms with van der Waals surface area (Å²) in [5, 5.41) is 2.64. The Labute approximate surface area is 145 Å². The molecule has 7 heteroatoms. The predicted octanol–water partition coefficient (Wildman–Crippen LogP) is 2.15. The number of benzene rings is 2. The van der Waals surface area contributed by atoms with Crippen molar-refractivity contribution >= 4 is 17.5 Å². The summed E-state index contributed by atoms with van der Waals surface area (Å²) in [5.41, 5.74) is 2.78. The maximum Gasteiger partial charge on any atom is 0.253 e. The Bertz CT molecular complexity index is 691. The minimum atomic E-state index is -0.394. The molecule has 0 aliphatic heterocycles. The molecule has 132 valence electrons. The van der Waals surface area contributed by atoms with Crippen molar-refractivity contribution in [2.75, 3.05) is 25.6 Å². The topological polar surface area (TPSA) is 85.9 Å². The van der Waals surface area contributed by atoms with E-state index in [-0.39, 0.29) is 25.5 Å². The minimum Gasteiger partial charge on any atom is -0.497 e. The molecular formula is C18H20N2O5. The summed E-state index contributed by atoms with van der Waals surface area (Å²) < 4.78 is 10.5. The van der Waals surface area contributed by atoms with E-state index in [0.29, 0.717) is 17.2 Å². The summed E-state index contributed by atoms with van der Waals surface area (Å²) in [6.45, 7) is -0.0856. The third-order valence-corrected chi connectivity index (χ3v) is 3.08. The summed E-state index contributed by atoms with van der Waals surface area (Å²) in [6, 6.07) is 16.1. The summed E-state index contributed by atoms with van der Waals surface area (Å²) in [7, 11) is 1.54. The number of methoxy groups -OCH3 is 1. The highest BCUT2D eigenvalue weighted by Crippen LogP contribution is 2.16. The van der Waals surface area contributed by atoms with Crippen molar-refractivity contribution in [2.24, 2.45) is 0 Å². The highest BCUT2D eigenvalue weighted by Gasteiger charge is 2.06. The first-order valence-electron chi connectivity index (χ1n) is 7.70. The molecule has 2 aromatic rings. The maximum atomic E-state index is 11.7. The molecule has 0 bridgehead atoms. The number of carbonyl (C=O) groups excluding carboxylic acids is 2. The summed E-state index contributed by atoms with van der Waals surface area (Å²) >= 11 is 0. The second-order valence-electron chi connectivity index (χ2n) is 5.01. The molecule has 0 aliphatic rings. The number of carbonyl (C=O) groups is 2. The lowest BCUT2D eigenvalue weighted by Gasteiger charge is -2.09. The smallest absolute Gasteiger partial charge is 0.253 e. The Kier molecular flexibility index (Phi) is 7.27. The number of hydroxylamine groups is 1. The Morgan fingerprint density at radius 2 is 1.72 bits per heavy atom. The molecule has 0 atom stereocenters. The Morgan fingerprint density at radius 1 is 0.960 bits per heavy atom. The number of ether oxygens (including phenoxy) is 2. The fourth-order valence-electron chi connectivity index (χ4n) is 1.91. The van der Waals surface area contributed by atoms with Crippen LogP contribution in [0.2, 0.25) is 0 Å². The first-order chi connectivity index (χ1) is 12.2. The van der Waals surface area contributed by atoms with Crippen LogP contribution in [-0.4, -0.2) is 32.1 Å². The molecule has 0 saturated heterocycles. The summed E-state index contributed by atoms with van der Waals surface area (Å²) in [5.74, 6) is 0.554. The number of hydrogen-bond donors (Lipinski definition) is 2. The van der Waals surface area contributed by atoms with Crippen molar-refractivity contribution in [3.8, 4) is 11.5 Å². The molecule has 2 N–H and O–H groups in total. The van der Waals surface area contributed by atoms with Crippen LogP contribution in [-0.2, 0) is 14.4 Å². The van der Waals surface area contributed by atoms with Gasteiger partial charge in [-0.05, 0) is 24.3 Å². The molecule has 0 spiro atoms. The van der Waals surface area contributed by atoms with Crippen molar-refractivity contribution in [1.82, 2.24) is 5.48 Å². The lowest BCUT2D eigenvalue weighted by atomic mass is 10.3. The van der Waals surface area contributed by atoms with Crippen LogP contribution < -0.4 is 20.3 Å². The van der Waals surface area contributed by atoms with E-state index in [2.05, 4.69) is 10.8 Å². The Morgan fingerprint density at radius 3 is 2.48 bits per heavy atom. The van der Waals surface area contributed by atoms with Gasteiger partial charge in [0.1, 0.15) is 11.5 Å². The first-order valence-corrected chi connectivity index (χ1v) is 7.70. The van der Waals surface area contributed by atoms with Crippen molar-refractivity contribution in [3.05, 3.63) is 54.6 Å². The van der Waals surface area contributed by atoms with Crippen LogP contribution in [0.1, 0.15) is 6.42 Å². The predicted molar refractivity (Wildman–Crippen MR) is 92.3 cm³/mol. The van der Waals surface area contributed by atoms with Gasteiger partial charge in [-0.3, -0.25) is 14.4 Å². The molecule has 25 heavy (non-hydrogen) atoms. The van der Waals surface area contributed by atoms with Crippen molar-refractivity contribution in [1.29, 1.82) is 0 Å².